The van der Waals surface area contributed by atoms with E-state index in [1.54, 1.807) is 6.92 Å². The van der Waals surface area contributed by atoms with Gasteiger partial charge in [-0.25, -0.2) is 4.79 Å². The lowest BCUT2D eigenvalue weighted by molar-refractivity contribution is -0.140. The van der Waals surface area contributed by atoms with Gasteiger partial charge >= 0.3 is 5.97 Å². The third-order valence-corrected chi connectivity index (χ3v) is 8.19. The topological polar surface area (TPSA) is 26.3 Å². The van der Waals surface area contributed by atoms with Crippen molar-refractivity contribution in [1.29, 1.82) is 0 Å². The van der Waals surface area contributed by atoms with Crippen molar-refractivity contribution in [3.63, 3.8) is 0 Å². The first-order chi connectivity index (χ1) is 13.0. The molecular formula is C24H24O2S. The predicted molar refractivity (Wildman–Crippen MR) is 112 cm³/mol. The van der Waals surface area contributed by atoms with Gasteiger partial charge in [0, 0.05) is 5.57 Å². The number of esters is 1. The van der Waals surface area contributed by atoms with E-state index in [0.717, 1.165) is 5.56 Å². The summed E-state index contributed by atoms with van der Waals surface area (Å²) in [5.41, 5.74) is 1.38. The van der Waals surface area contributed by atoms with E-state index in [4.69, 9.17) is 4.74 Å². The lowest BCUT2D eigenvalue weighted by Crippen LogP contribution is -2.05. The summed E-state index contributed by atoms with van der Waals surface area (Å²) < 4.78 is 5.25. The predicted octanol–water partition coefficient (Wildman–Crippen LogP) is 6.22. The molecule has 0 unspecified atom stereocenters. The highest BCUT2D eigenvalue weighted by Gasteiger charge is 2.25. The van der Waals surface area contributed by atoms with Crippen LogP contribution in [0.4, 0.5) is 0 Å². The first-order valence-electron chi connectivity index (χ1n) is 8.82. The number of benzene rings is 3. The second-order valence-corrected chi connectivity index (χ2v) is 9.80. The van der Waals surface area contributed by atoms with E-state index in [9.17, 15) is 4.79 Å². The lowest BCUT2D eigenvalue weighted by Gasteiger charge is -2.37. The summed E-state index contributed by atoms with van der Waals surface area (Å²) in [5, 5.41) is 0. The van der Waals surface area contributed by atoms with Crippen LogP contribution >= 0.6 is 10.0 Å². The van der Waals surface area contributed by atoms with E-state index in [0.29, 0.717) is 5.57 Å². The maximum absolute atomic E-state index is 11.6. The van der Waals surface area contributed by atoms with E-state index in [1.165, 1.54) is 14.7 Å². The van der Waals surface area contributed by atoms with Gasteiger partial charge < -0.3 is 4.74 Å². The van der Waals surface area contributed by atoms with Crippen molar-refractivity contribution < 1.29 is 9.53 Å². The van der Waals surface area contributed by atoms with Crippen molar-refractivity contribution in [3.8, 4) is 0 Å². The van der Waals surface area contributed by atoms with Crippen LogP contribution in [0.3, 0.4) is 0 Å². The molecule has 0 saturated carbocycles. The van der Waals surface area contributed by atoms with Crippen molar-refractivity contribution in [1.82, 2.24) is 0 Å². The summed E-state index contributed by atoms with van der Waals surface area (Å²) in [6.07, 6.45) is 2.33. The maximum atomic E-state index is 11.6. The molecule has 0 amide bonds. The monoisotopic (exact) mass is 376 g/mol. The zero-order chi connectivity index (χ0) is 19.3. The molecule has 0 bridgehead atoms. The van der Waals surface area contributed by atoms with Gasteiger partial charge in [-0.2, -0.15) is 10.0 Å². The molecule has 0 aliphatic carbocycles. The summed E-state index contributed by atoms with van der Waals surface area (Å²) >= 11 is 0. The first-order valence-corrected chi connectivity index (χ1v) is 10.9. The summed E-state index contributed by atoms with van der Waals surface area (Å²) in [6.45, 7) is 5.52. The molecule has 3 rings (SSSR count). The molecule has 0 atom stereocenters. The van der Waals surface area contributed by atoms with Gasteiger partial charge in [-0.1, -0.05) is 55.1 Å². The van der Waals surface area contributed by atoms with Crippen molar-refractivity contribution >= 4 is 16.0 Å². The Morgan fingerprint density at radius 1 is 0.815 bits per heavy atom. The highest BCUT2D eigenvalue weighted by atomic mass is 32.3. The third kappa shape index (κ3) is 4.15. The molecule has 0 aliphatic heterocycles. The zero-order valence-electron chi connectivity index (χ0n) is 15.7. The van der Waals surface area contributed by atoms with Gasteiger partial charge in [0.2, 0.25) is 0 Å². The van der Waals surface area contributed by atoms with Crippen LogP contribution in [0.5, 0.6) is 0 Å². The van der Waals surface area contributed by atoms with Crippen LogP contribution in [-0.2, 0) is 16.1 Å². The minimum Gasteiger partial charge on any atom is -0.457 e. The molecule has 0 saturated heterocycles. The van der Waals surface area contributed by atoms with Crippen LogP contribution in [0, 0.1) is 0 Å². The largest absolute Gasteiger partial charge is 0.457 e. The molecule has 0 spiro atoms. The molecule has 0 N–H and O–H groups in total. The van der Waals surface area contributed by atoms with Gasteiger partial charge in [0.05, 0.1) is 0 Å². The second-order valence-electron chi connectivity index (χ2n) is 6.55. The van der Waals surface area contributed by atoms with Crippen LogP contribution in [-0.4, -0.2) is 12.2 Å². The van der Waals surface area contributed by atoms with Crippen LogP contribution < -0.4 is 0 Å². The summed E-state index contributed by atoms with van der Waals surface area (Å²) in [5.74, 6) is -0.358. The van der Waals surface area contributed by atoms with Crippen molar-refractivity contribution in [3.05, 3.63) is 103 Å². The first kappa shape index (κ1) is 19.0. The van der Waals surface area contributed by atoms with E-state index < -0.39 is 10.0 Å². The minimum atomic E-state index is -1.36. The Hall–Kier alpha value is -2.78. The van der Waals surface area contributed by atoms with Crippen molar-refractivity contribution in [2.45, 2.75) is 28.2 Å². The Balaban J connectivity index is 1.94. The summed E-state index contributed by atoms with van der Waals surface area (Å²) in [6, 6.07) is 29.6. The summed E-state index contributed by atoms with van der Waals surface area (Å²) in [7, 11) is -1.36. The van der Waals surface area contributed by atoms with Gasteiger partial charge in [-0.15, -0.1) is 0 Å². The van der Waals surface area contributed by atoms with E-state index in [1.807, 2.05) is 24.3 Å². The standard InChI is InChI=1S/C24H24O2S/c1-19(2)24(25)26-18-20-14-16-23(17-15-20)27(3,21-10-6-4-7-11-21)22-12-8-5-9-13-22/h4-17H,1,18H2,2-3H3. The van der Waals surface area contributed by atoms with Gasteiger partial charge in [0.15, 0.2) is 0 Å². The number of carbonyl (C=O) groups excluding carboxylic acids is 1. The van der Waals surface area contributed by atoms with E-state index >= 15 is 0 Å². The van der Waals surface area contributed by atoms with Crippen LogP contribution in [0.25, 0.3) is 0 Å². The smallest absolute Gasteiger partial charge is 0.333 e. The Kier molecular flexibility index (Phi) is 5.82. The fourth-order valence-electron chi connectivity index (χ4n) is 2.92. The molecule has 0 radical (unpaired) electrons. The average molecular weight is 377 g/mol. The van der Waals surface area contributed by atoms with Gasteiger partial charge in [0.25, 0.3) is 0 Å². The molecule has 3 aromatic carbocycles. The summed E-state index contributed by atoms with van der Waals surface area (Å²) in [4.78, 5) is 15.5. The molecule has 27 heavy (non-hydrogen) atoms. The molecule has 3 aromatic rings. The second kappa shape index (κ2) is 8.28. The molecule has 3 heteroatoms. The van der Waals surface area contributed by atoms with Crippen molar-refractivity contribution in [2.75, 3.05) is 6.26 Å². The SMILES string of the molecule is C=C(C)C(=O)OCc1ccc(S(C)(c2ccccc2)c2ccccc2)cc1. The van der Waals surface area contributed by atoms with Crippen LogP contribution in [0.1, 0.15) is 12.5 Å². The fourth-order valence-corrected chi connectivity index (χ4v) is 5.82. The number of hydrogen-bond donors (Lipinski definition) is 0. The molecule has 138 valence electrons. The van der Waals surface area contributed by atoms with Gasteiger partial charge in [-0.3, -0.25) is 0 Å². The van der Waals surface area contributed by atoms with E-state index in [2.05, 4.69) is 73.5 Å². The maximum Gasteiger partial charge on any atom is 0.333 e. The number of carbonyl (C=O) groups is 1. The molecule has 0 heterocycles. The Morgan fingerprint density at radius 3 is 1.70 bits per heavy atom. The number of ether oxygens (including phenoxy) is 1. The Bertz CT molecular complexity index is 876. The highest BCUT2D eigenvalue weighted by molar-refractivity contribution is 8.33. The molecule has 0 aromatic heterocycles. The van der Waals surface area contributed by atoms with Crippen LogP contribution in [0.15, 0.2) is 112 Å². The Morgan fingerprint density at radius 2 is 1.26 bits per heavy atom. The lowest BCUT2D eigenvalue weighted by atomic mass is 10.2. The third-order valence-electron chi connectivity index (χ3n) is 4.54. The fraction of sp³-hybridized carbons (Fsp3) is 0.125. The van der Waals surface area contributed by atoms with E-state index in [-0.39, 0.29) is 12.6 Å². The van der Waals surface area contributed by atoms with Crippen molar-refractivity contribution in [2.24, 2.45) is 0 Å². The highest BCUT2D eigenvalue weighted by Crippen LogP contribution is 2.65. The van der Waals surface area contributed by atoms with Crippen LogP contribution in [0.2, 0.25) is 0 Å². The normalized spacial score (nSPS) is 11.6. The molecule has 0 fully saturated rings. The van der Waals surface area contributed by atoms with Gasteiger partial charge in [-0.05, 0) is 69.8 Å². The average Bonchev–Trinajstić information content (AvgIpc) is 2.73. The Labute approximate surface area is 162 Å². The minimum absolute atomic E-state index is 0.259. The number of rotatable bonds is 6. The molecule has 2 nitrogen and oxygen atoms in total. The van der Waals surface area contributed by atoms with Gasteiger partial charge in [0.1, 0.15) is 6.61 Å². The molecule has 0 aliphatic rings. The quantitative estimate of drug-likeness (QED) is 0.377. The zero-order valence-corrected chi connectivity index (χ0v) is 16.5. The number of hydrogen-bond acceptors (Lipinski definition) is 2. The molecular weight excluding hydrogens is 352 g/mol.